The van der Waals surface area contributed by atoms with Crippen LogP contribution >= 0.6 is 0 Å². The maximum absolute atomic E-state index is 9.86. The molecule has 0 amide bonds. The lowest BCUT2D eigenvalue weighted by Gasteiger charge is -2.39. The normalized spacial score (nSPS) is 33.8. The maximum atomic E-state index is 9.86. The number of benzene rings is 1. The van der Waals surface area contributed by atoms with Crippen molar-refractivity contribution in [2.45, 2.75) is 30.7 Å². The molecule has 112 valence electrons. The minimum atomic E-state index is -1.47. The van der Waals surface area contributed by atoms with Gasteiger partial charge in [-0.05, 0) is 12.1 Å². The summed E-state index contributed by atoms with van der Waals surface area (Å²) in [6.07, 6.45) is -6.55. The molecule has 1 fully saturated rings. The highest BCUT2D eigenvalue weighted by Crippen LogP contribution is 2.30. The van der Waals surface area contributed by atoms with Crippen molar-refractivity contribution in [3.05, 3.63) is 24.3 Å². The van der Waals surface area contributed by atoms with Crippen LogP contribution in [0, 0.1) is 0 Å². The standard InChI is InChI=1S/C13H18O7/c1-18-7-4-2-3-5-8(7)19-13-12(17)11(16)10(15)9(6-14)20-13/h2-5,9-17H,6H2,1H3/t9?,10?,11-,12?,13?/m0/s1. The van der Waals surface area contributed by atoms with Gasteiger partial charge in [0.1, 0.15) is 24.4 Å². The molecule has 2 rings (SSSR count). The highest BCUT2D eigenvalue weighted by molar-refractivity contribution is 5.39. The van der Waals surface area contributed by atoms with E-state index >= 15 is 0 Å². The van der Waals surface area contributed by atoms with Gasteiger partial charge in [-0.25, -0.2) is 0 Å². The smallest absolute Gasteiger partial charge is 0.229 e. The Morgan fingerprint density at radius 1 is 1.05 bits per heavy atom. The van der Waals surface area contributed by atoms with Crippen LogP contribution in [0.25, 0.3) is 0 Å². The second-order valence-corrected chi connectivity index (χ2v) is 4.47. The van der Waals surface area contributed by atoms with E-state index in [1.165, 1.54) is 7.11 Å². The lowest BCUT2D eigenvalue weighted by Crippen LogP contribution is -2.60. The minimum absolute atomic E-state index is 0.319. The molecule has 0 bridgehead atoms. The number of rotatable bonds is 4. The van der Waals surface area contributed by atoms with Crippen LogP contribution < -0.4 is 9.47 Å². The van der Waals surface area contributed by atoms with Gasteiger partial charge < -0.3 is 34.6 Å². The fourth-order valence-corrected chi connectivity index (χ4v) is 2.01. The summed E-state index contributed by atoms with van der Waals surface area (Å²) in [5, 5.41) is 38.3. The Morgan fingerprint density at radius 3 is 2.30 bits per heavy atom. The third kappa shape index (κ3) is 2.87. The van der Waals surface area contributed by atoms with Crippen LogP contribution in [0.2, 0.25) is 0 Å². The SMILES string of the molecule is COc1ccccc1OC1OC(CO)C(O)[C@H](O)C1O. The van der Waals surface area contributed by atoms with Crippen molar-refractivity contribution in [3.8, 4) is 11.5 Å². The van der Waals surface area contributed by atoms with E-state index in [2.05, 4.69) is 0 Å². The quantitative estimate of drug-likeness (QED) is 0.555. The van der Waals surface area contributed by atoms with Crippen LogP contribution in [-0.2, 0) is 4.74 Å². The number of hydrogen-bond donors (Lipinski definition) is 4. The molecule has 1 aliphatic rings. The van der Waals surface area contributed by atoms with E-state index in [-0.39, 0.29) is 0 Å². The van der Waals surface area contributed by atoms with Gasteiger partial charge >= 0.3 is 0 Å². The molecule has 1 saturated heterocycles. The second kappa shape index (κ2) is 6.38. The first-order valence-corrected chi connectivity index (χ1v) is 6.18. The molecule has 4 N–H and O–H groups in total. The van der Waals surface area contributed by atoms with E-state index in [9.17, 15) is 15.3 Å². The average molecular weight is 286 g/mol. The van der Waals surface area contributed by atoms with Crippen LogP contribution in [0.5, 0.6) is 11.5 Å². The monoisotopic (exact) mass is 286 g/mol. The average Bonchev–Trinajstić information content (AvgIpc) is 2.48. The van der Waals surface area contributed by atoms with E-state index in [4.69, 9.17) is 19.3 Å². The molecular weight excluding hydrogens is 268 g/mol. The first-order chi connectivity index (χ1) is 9.58. The third-order valence-corrected chi connectivity index (χ3v) is 3.16. The van der Waals surface area contributed by atoms with Crippen LogP contribution in [0.3, 0.4) is 0 Å². The minimum Gasteiger partial charge on any atom is -0.493 e. The molecule has 1 aliphatic heterocycles. The van der Waals surface area contributed by atoms with Gasteiger partial charge in [-0.1, -0.05) is 12.1 Å². The summed E-state index contributed by atoms with van der Waals surface area (Å²) in [6, 6.07) is 6.74. The Bertz CT molecular complexity index is 436. The predicted molar refractivity (Wildman–Crippen MR) is 67.4 cm³/mol. The zero-order chi connectivity index (χ0) is 14.7. The van der Waals surface area contributed by atoms with Crippen LogP contribution in [0.4, 0.5) is 0 Å². The van der Waals surface area contributed by atoms with Gasteiger partial charge in [0.25, 0.3) is 0 Å². The molecule has 1 heterocycles. The summed E-state index contributed by atoms with van der Waals surface area (Å²) >= 11 is 0. The topological polar surface area (TPSA) is 109 Å². The number of aliphatic hydroxyl groups excluding tert-OH is 4. The molecule has 0 aliphatic carbocycles. The number of hydrogen-bond acceptors (Lipinski definition) is 7. The predicted octanol–water partition coefficient (Wildman–Crippen LogP) is -1.13. The van der Waals surface area contributed by atoms with Gasteiger partial charge in [0.15, 0.2) is 11.5 Å². The highest BCUT2D eigenvalue weighted by Gasteiger charge is 2.44. The number of methoxy groups -OCH3 is 1. The van der Waals surface area contributed by atoms with Gasteiger partial charge in [-0.2, -0.15) is 0 Å². The first kappa shape index (κ1) is 15.0. The van der Waals surface area contributed by atoms with Crippen molar-refractivity contribution in [1.29, 1.82) is 0 Å². The molecule has 1 aromatic carbocycles. The lowest BCUT2D eigenvalue weighted by molar-refractivity contribution is -0.277. The van der Waals surface area contributed by atoms with Gasteiger partial charge in [0, 0.05) is 0 Å². The van der Waals surface area contributed by atoms with Crippen molar-refractivity contribution >= 4 is 0 Å². The van der Waals surface area contributed by atoms with Crippen molar-refractivity contribution < 1.29 is 34.6 Å². The van der Waals surface area contributed by atoms with Crippen LogP contribution in [0.1, 0.15) is 0 Å². The Morgan fingerprint density at radius 2 is 1.70 bits per heavy atom. The summed E-state index contributed by atoms with van der Waals surface area (Å²) < 4.78 is 15.8. The van der Waals surface area contributed by atoms with Gasteiger partial charge in [-0.3, -0.25) is 0 Å². The first-order valence-electron chi connectivity index (χ1n) is 6.18. The molecule has 0 radical (unpaired) electrons. The zero-order valence-electron chi connectivity index (χ0n) is 10.9. The molecule has 5 atom stereocenters. The van der Waals surface area contributed by atoms with Crippen LogP contribution in [-0.4, -0.2) is 64.8 Å². The van der Waals surface area contributed by atoms with Gasteiger partial charge in [0.2, 0.25) is 6.29 Å². The van der Waals surface area contributed by atoms with Gasteiger partial charge in [-0.15, -0.1) is 0 Å². The van der Waals surface area contributed by atoms with E-state index in [1.807, 2.05) is 0 Å². The summed E-state index contributed by atoms with van der Waals surface area (Å²) in [4.78, 5) is 0. The second-order valence-electron chi connectivity index (χ2n) is 4.47. The molecule has 0 aromatic heterocycles. The Kier molecular flexibility index (Phi) is 4.79. The molecular formula is C13H18O7. The fraction of sp³-hybridized carbons (Fsp3) is 0.538. The van der Waals surface area contributed by atoms with Crippen molar-refractivity contribution in [2.75, 3.05) is 13.7 Å². The Hall–Kier alpha value is -1.38. The molecule has 7 nitrogen and oxygen atoms in total. The Balaban J connectivity index is 2.15. The number of ether oxygens (including phenoxy) is 3. The largest absolute Gasteiger partial charge is 0.493 e. The van der Waals surface area contributed by atoms with E-state index in [1.54, 1.807) is 24.3 Å². The van der Waals surface area contributed by atoms with Crippen molar-refractivity contribution in [1.82, 2.24) is 0 Å². The zero-order valence-corrected chi connectivity index (χ0v) is 10.9. The molecule has 0 saturated carbocycles. The molecule has 0 spiro atoms. The Labute approximate surface area is 115 Å². The summed E-state index contributed by atoms with van der Waals surface area (Å²) in [5.74, 6) is 0.754. The number of aliphatic hydroxyl groups is 4. The molecule has 1 aromatic rings. The maximum Gasteiger partial charge on any atom is 0.229 e. The fourth-order valence-electron chi connectivity index (χ4n) is 2.01. The third-order valence-electron chi connectivity index (χ3n) is 3.16. The summed E-state index contributed by atoms with van der Waals surface area (Å²) in [5.41, 5.74) is 0. The van der Waals surface area contributed by atoms with E-state index < -0.39 is 37.3 Å². The lowest BCUT2D eigenvalue weighted by atomic mass is 9.99. The number of para-hydroxylation sites is 2. The molecule has 7 heteroatoms. The van der Waals surface area contributed by atoms with Gasteiger partial charge in [0.05, 0.1) is 13.7 Å². The van der Waals surface area contributed by atoms with Crippen LogP contribution in [0.15, 0.2) is 24.3 Å². The summed E-state index contributed by atoms with van der Waals surface area (Å²) in [6.45, 7) is -0.503. The summed E-state index contributed by atoms with van der Waals surface area (Å²) in [7, 11) is 1.47. The molecule has 4 unspecified atom stereocenters. The van der Waals surface area contributed by atoms with E-state index in [0.29, 0.717) is 11.5 Å². The molecule has 20 heavy (non-hydrogen) atoms. The van der Waals surface area contributed by atoms with Crippen molar-refractivity contribution in [2.24, 2.45) is 0 Å². The highest BCUT2D eigenvalue weighted by atomic mass is 16.7. The van der Waals surface area contributed by atoms with E-state index in [0.717, 1.165) is 0 Å². The van der Waals surface area contributed by atoms with Crippen molar-refractivity contribution in [3.63, 3.8) is 0 Å².